The van der Waals surface area contributed by atoms with Gasteiger partial charge in [-0.15, -0.1) is 0 Å². The molecule has 0 radical (unpaired) electrons. The topological polar surface area (TPSA) is 50.4 Å². The first-order valence-electron chi connectivity index (χ1n) is 5.66. The van der Waals surface area contributed by atoms with Gasteiger partial charge in [0.05, 0.1) is 6.10 Å². The minimum atomic E-state index is -0.373. The van der Waals surface area contributed by atoms with Crippen LogP contribution in [-0.2, 0) is 4.74 Å². The van der Waals surface area contributed by atoms with Gasteiger partial charge in [0.15, 0.2) is 0 Å². The maximum Gasteiger partial charge on any atom is 0.319 e. The number of anilines is 1. The summed E-state index contributed by atoms with van der Waals surface area (Å²) >= 11 is 0. The first-order chi connectivity index (χ1) is 8.24. The SMILES string of the molecule is O=C(NCC1CCCO1)Nc1cccc(F)c1. The van der Waals surface area contributed by atoms with Crippen LogP contribution in [0.4, 0.5) is 14.9 Å². The Kier molecular flexibility index (Phi) is 3.93. The highest BCUT2D eigenvalue weighted by molar-refractivity contribution is 5.89. The first kappa shape index (κ1) is 11.9. The molecule has 4 nitrogen and oxygen atoms in total. The molecule has 17 heavy (non-hydrogen) atoms. The molecule has 1 fully saturated rings. The molecule has 92 valence electrons. The maximum absolute atomic E-state index is 12.9. The van der Waals surface area contributed by atoms with Crippen LogP contribution in [0.2, 0.25) is 0 Å². The van der Waals surface area contributed by atoms with Crippen molar-refractivity contribution in [2.75, 3.05) is 18.5 Å². The summed E-state index contributed by atoms with van der Waals surface area (Å²) in [4.78, 5) is 11.5. The number of ether oxygens (including phenoxy) is 1. The quantitative estimate of drug-likeness (QED) is 0.847. The van der Waals surface area contributed by atoms with Crippen LogP contribution in [0.5, 0.6) is 0 Å². The van der Waals surface area contributed by atoms with E-state index >= 15 is 0 Å². The number of amides is 2. The molecule has 0 bridgehead atoms. The molecule has 1 aromatic rings. The molecule has 0 aromatic heterocycles. The maximum atomic E-state index is 12.9. The fraction of sp³-hybridized carbons (Fsp3) is 0.417. The molecule has 0 aliphatic carbocycles. The number of carbonyl (C=O) groups excluding carboxylic acids is 1. The molecule has 2 rings (SSSR count). The third-order valence-electron chi connectivity index (χ3n) is 2.60. The summed E-state index contributed by atoms with van der Waals surface area (Å²) in [6.45, 7) is 1.25. The van der Waals surface area contributed by atoms with Crippen LogP contribution in [0.1, 0.15) is 12.8 Å². The van der Waals surface area contributed by atoms with E-state index in [0.717, 1.165) is 19.4 Å². The van der Waals surface area contributed by atoms with Crippen LogP contribution in [0.15, 0.2) is 24.3 Å². The lowest BCUT2D eigenvalue weighted by Crippen LogP contribution is -2.35. The van der Waals surface area contributed by atoms with E-state index in [2.05, 4.69) is 10.6 Å². The van der Waals surface area contributed by atoms with Gasteiger partial charge >= 0.3 is 6.03 Å². The van der Waals surface area contributed by atoms with E-state index in [0.29, 0.717) is 12.2 Å². The van der Waals surface area contributed by atoms with Gasteiger partial charge in [-0.05, 0) is 31.0 Å². The number of benzene rings is 1. The van der Waals surface area contributed by atoms with E-state index in [1.165, 1.54) is 12.1 Å². The van der Waals surface area contributed by atoms with Gasteiger partial charge in [0.2, 0.25) is 0 Å². The zero-order chi connectivity index (χ0) is 12.1. The van der Waals surface area contributed by atoms with Crippen molar-refractivity contribution in [3.8, 4) is 0 Å². The van der Waals surface area contributed by atoms with E-state index < -0.39 is 0 Å². The number of hydrogen-bond acceptors (Lipinski definition) is 2. The summed E-state index contributed by atoms with van der Waals surface area (Å²) < 4.78 is 18.2. The molecule has 1 heterocycles. The first-order valence-corrected chi connectivity index (χ1v) is 5.66. The fourth-order valence-corrected chi connectivity index (χ4v) is 1.75. The zero-order valence-electron chi connectivity index (χ0n) is 9.41. The lowest BCUT2D eigenvalue weighted by Gasteiger charge is -2.11. The van der Waals surface area contributed by atoms with Gasteiger partial charge in [-0.1, -0.05) is 6.07 Å². The predicted octanol–water partition coefficient (Wildman–Crippen LogP) is 2.13. The second-order valence-corrected chi connectivity index (χ2v) is 3.98. The normalized spacial score (nSPS) is 19.0. The Labute approximate surface area is 99.2 Å². The highest BCUT2D eigenvalue weighted by atomic mass is 19.1. The van der Waals surface area contributed by atoms with Crippen molar-refractivity contribution >= 4 is 11.7 Å². The summed E-state index contributed by atoms with van der Waals surface area (Å²) in [5.74, 6) is -0.373. The van der Waals surface area contributed by atoms with Crippen molar-refractivity contribution < 1.29 is 13.9 Å². The second-order valence-electron chi connectivity index (χ2n) is 3.98. The van der Waals surface area contributed by atoms with Gasteiger partial charge < -0.3 is 15.4 Å². The summed E-state index contributed by atoms with van der Waals surface area (Å²) in [7, 11) is 0. The van der Waals surface area contributed by atoms with Crippen LogP contribution in [-0.4, -0.2) is 25.3 Å². The standard InChI is InChI=1S/C12H15FN2O2/c13-9-3-1-4-10(7-9)15-12(16)14-8-11-5-2-6-17-11/h1,3-4,7,11H,2,5-6,8H2,(H2,14,15,16). The highest BCUT2D eigenvalue weighted by Gasteiger charge is 2.15. The van der Waals surface area contributed by atoms with Crippen molar-refractivity contribution in [2.45, 2.75) is 18.9 Å². The number of urea groups is 1. The van der Waals surface area contributed by atoms with E-state index in [4.69, 9.17) is 4.74 Å². The Hall–Kier alpha value is -1.62. The molecule has 2 amide bonds. The number of halogens is 1. The third kappa shape index (κ3) is 3.71. The molecule has 1 atom stereocenters. The van der Waals surface area contributed by atoms with Gasteiger partial charge in [-0.25, -0.2) is 9.18 Å². The molecule has 1 saturated heterocycles. The number of nitrogens with one attached hydrogen (secondary N) is 2. The number of carbonyl (C=O) groups is 1. The van der Waals surface area contributed by atoms with Crippen LogP contribution >= 0.6 is 0 Å². The number of rotatable bonds is 3. The van der Waals surface area contributed by atoms with E-state index in [9.17, 15) is 9.18 Å². The smallest absolute Gasteiger partial charge is 0.319 e. The van der Waals surface area contributed by atoms with Crippen LogP contribution in [0.25, 0.3) is 0 Å². The van der Waals surface area contributed by atoms with E-state index in [1.54, 1.807) is 12.1 Å². The molecule has 0 saturated carbocycles. The van der Waals surface area contributed by atoms with Crippen molar-refractivity contribution in [1.82, 2.24) is 5.32 Å². The van der Waals surface area contributed by atoms with E-state index in [-0.39, 0.29) is 18.0 Å². The van der Waals surface area contributed by atoms with Crippen molar-refractivity contribution in [2.24, 2.45) is 0 Å². The van der Waals surface area contributed by atoms with Gasteiger partial charge in [-0.2, -0.15) is 0 Å². The zero-order valence-corrected chi connectivity index (χ0v) is 9.41. The van der Waals surface area contributed by atoms with Gasteiger partial charge in [-0.3, -0.25) is 0 Å². The Balaban J connectivity index is 1.76. The van der Waals surface area contributed by atoms with Crippen molar-refractivity contribution in [3.05, 3.63) is 30.1 Å². The molecular weight excluding hydrogens is 223 g/mol. The van der Waals surface area contributed by atoms with Crippen LogP contribution < -0.4 is 10.6 Å². The minimum absolute atomic E-state index is 0.105. The second kappa shape index (κ2) is 5.63. The Morgan fingerprint density at radius 3 is 3.12 bits per heavy atom. The molecular formula is C12H15FN2O2. The lowest BCUT2D eigenvalue weighted by molar-refractivity contribution is 0.112. The monoisotopic (exact) mass is 238 g/mol. The molecule has 0 spiro atoms. The Morgan fingerprint density at radius 2 is 2.41 bits per heavy atom. The van der Waals surface area contributed by atoms with Crippen molar-refractivity contribution in [1.29, 1.82) is 0 Å². The third-order valence-corrected chi connectivity index (χ3v) is 2.60. The highest BCUT2D eigenvalue weighted by Crippen LogP contribution is 2.11. The molecule has 5 heteroatoms. The van der Waals surface area contributed by atoms with E-state index in [1.807, 2.05) is 0 Å². The van der Waals surface area contributed by atoms with Crippen LogP contribution in [0.3, 0.4) is 0 Å². The average Bonchev–Trinajstić information content (AvgIpc) is 2.79. The lowest BCUT2D eigenvalue weighted by atomic mass is 10.2. The molecule has 1 aromatic carbocycles. The molecule has 1 aliphatic heterocycles. The Bertz CT molecular complexity index is 392. The fourth-order valence-electron chi connectivity index (χ4n) is 1.75. The van der Waals surface area contributed by atoms with Crippen LogP contribution in [0, 0.1) is 5.82 Å². The number of hydrogen-bond donors (Lipinski definition) is 2. The average molecular weight is 238 g/mol. The predicted molar refractivity (Wildman–Crippen MR) is 62.4 cm³/mol. The Morgan fingerprint density at radius 1 is 1.53 bits per heavy atom. The molecule has 2 N–H and O–H groups in total. The van der Waals surface area contributed by atoms with Gasteiger partial charge in [0, 0.05) is 18.8 Å². The minimum Gasteiger partial charge on any atom is -0.376 e. The molecule has 1 aliphatic rings. The summed E-state index contributed by atoms with van der Waals surface area (Å²) in [5, 5.41) is 5.26. The molecule has 1 unspecified atom stereocenters. The summed E-state index contributed by atoms with van der Waals surface area (Å²) in [6, 6.07) is 5.44. The van der Waals surface area contributed by atoms with Crippen molar-refractivity contribution in [3.63, 3.8) is 0 Å². The summed E-state index contributed by atoms with van der Waals surface area (Å²) in [6.07, 6.45) is 2.12. The van der Waals surface area contributed by atoms with Gasteiger partial charge in [0.25, 0.3) is 0 Å². The summed E-state index contributed by atoms with van der Waals surface area (Å²) in [5.41, 5.74) is 0.440. The largest absolute Gasteiger partial charge is 0.376 e. The van der Waals surface area contributed by atoms with Gasteiger partial charge in [0.1, 0.15) is 5.82 Å².